The van der Waals surface area contributed by atoms with Crippen molar-refractivity contribution in [2.75, 3.05) is 26.8 Å². The van der Waals surface area contributed by atoms with Crippen molar-refractivity contribution in [3.63, 3.8) is 0 Å². The van der Waals surface area contributed by atoms with Crippen molar-refractivity contribution in [2.24, 2.45) is 4.99 Å². The highest BCUT2D eigenvalue weighted by atomic mass is 32.1. The lowest BCUT2D eigenvalue weighted by Gasteiger charge is -2.16. The van der Waals surface area contributed by atoms with E-state index in [4.69, 9.17) is 9.47 Å². The molecule has 3 aromatic rings. The van der Waals surface area contributed by atoms with Gasteiger partial charge in [0.1, 0.15) is 6.10 Å². The van der Waals surface area contributed by atoms with Crippen LogP contribution in [-0.4, -0.2) is 37.9 Å². The van der Waals surface area contributed by atoms with E-state index in [0.29, 0.717) is 32.3 Å². The van der Waals surface area contributed by atoms with Crippen LogP contribution in [0.5, 0.6) is 11.5 Å². The quantitative estimate of drug-likeness (QED) is 0.443. The minimum absolute atomic E-state index is 0.374. The fourth-order valence-electron chi connectivity index (χ4n) is 3.25. The highest BCUT2D eigenvalue weighted by Crippen LogP contribution is 2.33. The van der Waals surface area contributed by atoms with Crippen LogP contribution < -0.4 is 20.1 Å². The average Bonchev–Trinajstić information content (AvgIpc) is 3.04. The first-order valence-corrected chi connectivity index (χ1v) is 10.5. The zero-order valence-corrected chi connectivity index (χ0v) is 17.2. The molecule has 3 N–H and O–H groups in total. The van der Waals surface area contributed by atoms with Crippen LogP contribution in [0.25, 0.3) is 10.1 Å². The predicted molar refractivity (Wildman–Crippen MR) is 117 cm³/mol. The number of aliphatic hydroxyl groups is 1. The first kappa shape index (κ1) is 19.5. The number of guanidine groups is 1. The number of aliphatic imine (C=N–C) groups is 1. The molecule has 6 nitrogen and oxygen atoms in total. The Morgan fingerprint density at radius 2 is 2.00 bits per heavy atom. The van der Waals surface area contributed by atoms with E-state index in [2.05, 4.69) is 27.8 Å². The number of hydrogen-bond acceptors (Lipinski definition) is 5. The van der Waals surface area contributed by atoms with Gasteiger partial charge < -0.3 is 25.2 Å². The Morgan fingerprint density at radius 3 is 2.86 bits per heavy atom. The lowest BCUT2D eigenvalue weighted by molar-refractivity contribution is 0.184. The van der Waals surface area contributed by atoms with Crippen LogP contribution in [-0.2, 0) is 6.54 Å². The van der Waals surface area contributed by atoms with E-state index in [1.165, 1.54) is 4.70 Å². The van der Waals surface area contributed by atoms with Gasteiger partial charge in [0.15, 0.2) is 17.5 Å². The number of nitrogens with one attached hydrogen (secondary N) is 2. The number of fused-ring (bicyclic) bond motifs is 2. The van der Waals surface area contributed by atoms with Gasteiger partial charge in [-0.1, -0.05) is 30.3 Å². The molecule has 0 aliphatic carbocycles. The summed E-state index contributed by atoms with van der Waals surface area (Å²) in [5.41, 5.74) is 1.01. The summed E-state index contributed by atoms with van der Waals surface area (Å²) >= 11 is 1.61. The molecule has 2 aromatic carbocycles. The van der Waals surface area contributed by atoms with Crippen molar-refractivity contribution in [2.45, 2.75) is 19.1 Å². The molecule has 0 saturated heterocycles. The maximum Gasteiger partial charge on any atom is 0.191 e. The van der Waals surface area contributed by atoms with E-state index in [1.807, 2.05) is 36.4 Å². The summed E-state index contributed by atoms with van der Waals surface area (Å²) < 4.78 is 12.8. The summed E-state index contributed by atoms with van der Waals surface area (Å²) in [6, 6.07) is 16.1. The third-order valence-corrected chi connectivity index (χ3v) is 5.98. The van der Waals surface area contributed by atoms with Gasteiger partial charge in [-0.2, -0.15) is 0 Å². The molecule has 2 heterocycles. The summed E-state index contributed by atoms with van der Waals surface area (Å²) in [6.07, 6.45) is 0.274. The molecule has 0 spiro atoms. The van der Waals surface area contributed by atoms with Crippen molar-refractivity contribution >= 4 is 27.4 Å². The van der Waals surface area contributed by atoms with Crippen molar-refractivity contribution in [1.82, 2.24) is 10.6 Å². The van der Waals surface area contributed by atoms with Gasteiger partial charge in [0.2, 0.25) is 0 Å². The second-order valence-corrected chi connectivity index (χ2v) is 7.92. The van der Waals surface area contributed by atoms with Crippen molar-refractivity contribution in [3.05, 3.63) is 59.0 Å². The summed E-state index contributed by atoms with van der Waals surface area (Å²) in [6.45, 7) is 2.24. The minimum Gasteiger partial charge on any atom is -0.490 e. The SMILES string of the molecule is CN=C(NCc1cccc2c1OCCCO2)NCC(O)c1cc2ccccc2s1. The Labute approximate surface area is 174 Å². The smallest absolute Gasteiger partial charge is 0.191 e. The molecule has 1 aromatic heterocycles. The Bertz CT molecular complexity index is 969. The fourth-order valence-corrected chi connectivity index (χ4v) is 4.30. The van der Waals surface area contributed by atoms with Crippen molar-refractivity contribution in [1.29, 1.82) is 0 Å². The molecule has 152 valence electrons. The summed E-state index contributed by atoms with van der Waals surface area (Å²) in [5, 5.41) is 18.2. The van der Waals surface area contributed by atoms with E-state index in [-0.39, 0.29) is 0 Å². The standard InChI is InChI=1S/C22H25N3O3S/c1-23-22(24-13-16-7-4-8-18-21(16)28-11-5-10-27-18)25-14-17(26)20-12-15-6-2-3-9-19(15)29-20/h2-4,6-9,12,17,26H,5,10-11,13-14H2,1H3,(H2,23,24,25). The molecule has 1 aliphatic rings. The highest BCUT2D eigenvalue weighted by Gasteiger charge is 2.15. The number of thiophene rings is 1. The van der Waals surface area contributed by atoms with E-state index >= 15 is 0 Å². The molecule has 1 unspecified atom stereocenters. The number of rotatable bonds is 5. The Balaban J connectivity index is 1.35. The first-order chi connectivity index (χ1) is 14.2. The third-order valence-electron chi connectivity index (χ3n) is 4.76. The topological polar surface area (TPSA) is 75.1 Å². The van der Waals surface area contributed by atoms with Gasteiger partial charge in [-0.25, -0.2) is 0 Å². The number of para-hydroxylation sites is 1. The van der Waals surface area contributed by atoms with Gasteiger partial charge in [-0.3, -0.25) is 4.99 Å². The molecule has 0 bridgehead atoms. The van der Waals surface area contributed by atoms with E-state index in [9.17, 15) is 5.11 Å². The Hall–Kier alpha value is -2.77. The Morgan fingerprint density at radius 1 is 1.14 bits per heavy atom. The molecular formula is C22H25N3O3S. The molecule has 0 radical (unpaired) electrons. The highest BCUT2D eigenvalue weighted by molar-refractivity contribution is 7.19. The largest absolute Gasteiger partial charge is 0.490 e. The number of hydrogen-bond donors (Lipinski definition) is 3. The normalized spacial score (nSPS) is 15.0. The fraction of sp³-hybridized carbons (Fsp3) is 0.318. The van der Waals surface area contributed by atoms with Crippen LogP contribution >= 0.6 is 11.3 Å². The van der Waals surface area contributed by atoms with Crippen LogP contribution in [0.4, 0.5) is 0 Å². The lowest BCUT2D eigenvalue weighted by atomic mass is 10.2. The monoisotopic (exact) mass is 411 g/mol. The summed E-state index contributed by atoms with van der Waals surface area (Å²) in [4.78, 5) is 5.19. The number of nitrogens with zero attached hydrogens (tertiary/aromatic N) is 1. The third kappa shape index (κ3) is 4.63. The number of ether oxygens (including phenoxy) is 2. The van der Waals surface area contributed by atoms with Crippen LogP contribution in [0.2, 0.25) is 0 Å². The van der Waals surface area contributed by atoms with Gasteiger partial charge >= 0.3 is 0 Å². The zero-order valence-electron chi connectivity index (χ0n) is 16.4. The molecule has 0 saturated carbocycles. The lowest BCUT2D eigenvalue weighted by Crippen LogP contribution is -2.39. The number of benzene rings is 2. The molecule has 29 heavy (non-hydrogen) atoms. The van der Waals surface area contributed by atoms with Crippen molar-refractivity contribution in [3.8, 4) is 11.5 Å². The maximum absolute atomic E-state index is 10.6. The van der Waals surface area contributed by atoms with Gasteiger partial charge in [0.05, 0.1) is 13.2 Å². The van der Waals surface area contributed by atoms with Crippen LogP contribution in [0, 0.1) is 0 Å². The molecule has 7 heteroatoms. The Kier molecular flexibility index (Phi) is 6.17. The maximum atomic E-state index is 10.6. The second kappa shape index (κ2) is 9.15. The van der Waals surface area contributed by atoms with Gasteiger partial charge in [-0.15, -0.1) is 11.3 Å². The minimum atomic E-state index is -0.601. The van der Waals surface area contributed by atoms with Crippen molar-refractivity contribution < 1.29 is 14.6 Å². The van der Waals surface area contributed by atoms with Gasteiger partial charge in [0.25, 0.3) is 0 Å². The molecular weight excluding hydrogens is 386 g/mol. The molecule has 0 amide bonds. The van der Waals surface area contributed by atoms with Crippen LogP contribution in [0.15, 0.2) is 53.5 Å². The molecule has 0 fully saturated rings. The number of aliphatic hydroxyl groups excluding tert-OH is 1. The van der Waals surface area contributed by atoms with Crippen LogP contribution in [0.1, 0.15) is 23.0 Å². The predicted octanol–water partition coefficient (Wildman–Crippen LogP) is 3.46. The second-order valence-electron chi connectivity index (χ2n) is 6.80. The zero-order chi connectivity index (χ0) is 20.1. The summed E-state index contributed by atoms with van der Waals surface area (Å²) in [5.74, 6) is 2.19. The summed E-state index contributed by atoms with van der Waals surface area (Å²) in [7, 11) is 1.71. The molecule has 1 aliphatic heterocycles. The first-order valence-electron chi connectivity index (χ1n) is 9.73. The molecule has 4 rings (SSSR count). The van der Waals surface area contributed by atoms with E-state index in [0.717, 1.165) is 33.7 Å². The van der Waals surface area contributed by atoms with E-state index < -0.39 is 6.10 Å². The average molecular weight is 412 g/mol. The van der Waals surface area contributed by atoms with Gasteiger partial charge in [0, 0.05) is 41.7 Å². The van der Waals surface area contributed by atoms with Gasteiger partial charge in [-0.05, 0) is 23.6 Å². The molecule has 1 atom stereocenters. The van der Waals surface area contributed by atoms with Crippen LogP contribution in [0.3, 0.4) is 0 Å². The van der Waals surface area contributed by atoms with E-state index in [1.54, 1.807) is 18.4 Å².